The molecule has 0 aliphatic carbocycles. The number of carbonyl (C=O) groups excluding carboxylic acids is 1. The molecule has 1 heterocycles. The van der Waals surface area contributed by atoms with Crippen LogP contribution in [0.5, 0.6) is 0 Å². The number of halogens is 1. The standard InChI is InChI=1S/C16H13ClN2O.C2H6OS/c1-19-14-8-7-12(17)9-13(14)16(18-10-15(19)20)11-5-3-2-4-6-11;1-4(2)3/h2-9H,10H2,1H3;1-2H3. The van der Waals surface area contributed by atoms with Crippen molar-refractivity contribution >= 4 is 39.7 Å². The second kappa shape index (κ2) is 8.22. The Morgan fingerprint density at radius 1 is 1.12 bits per heavy atom. The van der Waals surface area contributed by atoms with E-state index in [2.05, 4.69) is 4.99 Å². The molecule has 24 heavy (non-hydrogen) atoms. The van der Waals surface area contributed by atoms with Gasteiger partial charge in [0.05, 0.1) is 11.4 Å². The van der Waals surface area contributed by atoms with Crippen molar-refractivity contribution < 1.29 is 9.00 Å². The number of benzene rings is 2. The SMILES string of the molecule is CN1C(=O)CN=C(c2ccccc2)c2cc(Cl)ccc21.CS(C)=O. The summed E-state index contributed by atoms with van der Waals surface area (Å²) in [5.41, 5.74) is 3.51. The van der Waals surface area contributed by atoms with E-state index in [-0.39, 0.29) is 12.5 Å². The lowest BCUT2D eigenvalue weighted by Gasteiger charge is -2.18. The molecule has 0 spiro atoms. The Kier molecular flexibility index (Phi) is 6.29. The van der Waals surface area contributed by atoms with Gasteiger partial charge < -0.3 is 4.90 Å². The molecular formula is C18H19ClN2O2S. The number of anilines is 1. The van der Waals surface area contributed by atoms with Crippen molar-refractivity contribution in [2.75, 3.05) is 31.0 Å². The number of hydrogen-bond acceptors (Lipinski definition) is 3. The number of aliphatic imine (C=N–C) groups is 1. The molecule has 0 fully saturated rings. The van der Waals surface area contributed by atoms with Crippen molar-refractivity contribution in [3.8, 4) is 0 Å². The van der Waals surface area contributed by atoms with Gasteiger partial charge in [0, 0.05) is 46.5 Å². The molecule has 0 unspecified atom stereocenters. The third-order valence-electron chi connectivity index (χ3n) is 3.37. The first kappa shape index (κ1) is 18.4. The Morgan fingerprint density at radius 3 is 2.38 bits per heavy atom. The van der Waals surface area contributed by atoms with Crippen molar-refractivity contribution in [2.24, 2.45) is 4.99 Å². The van der Waals surface area contributed by atoms with Crippen LogP contribution < -0.4 is 4.90 Å². The summed E-state index contributed by atoms with van der Waals surface area (Å²) >= 11 is 6.11. The van der Waals surface area contributed by atoms with Crippen LogP contribution in [0.15, 0.2) is 53.5 Å². The maximum Gasteiger partial charge on any atom is 0.248 e. The first-order chi connectivity index (χ1) is 11.4. The van der Waals surface area contributed by atoms with Crippen LogP contribution in [0.2, 0.25) is 5.02 Å². The van der Waals surface area contributed by atoms with Gasteiger partial charge in [0.15, 0.2) is 0 Å². The third-order valence-corrected chi connectivity index (χ3v) is 3.60. The lowest BCUT2D eigenvalue weighted by atomic mass is 10.0. The zero-order valence-electron chi connectivity index (χ0n) is 13.8. The molecule has 2 aromatic carbocycles. The molecular weight excluding hydrogens is 344 g/mol. The Morgan fingerprint density at radius 2 is 1.75 bits per heavy atom. The number of amides is 1. The van der Waals surface area contributed by atoms with Crippen molar-refractivity contribution in [3.63, 3.8) is 0 Å². The number of benzodiazepines with no additional fused rings is 1. The van der Waals surface area contributed by atoms with E-state index < -0.39 is 10.8 Å². The number of rotatable bonds is 1. The van der Waals surface area contributed by atoms with E-state index in [0.29, 0.717) is 5.02 Å². The highest BCUT2D eigenvalue weighted by atomic mass is 35.5. The van der Waals surface area contributed by atoms with Crippen LogP contribution in [-0.2, 0) is 15.6 Å². The van der Waals surface area contributed by atoms with Crippen LogP contribution in [0.1, 0.15) is 11.1 Å². The smallest absolute Gasteiger partial charge is 0.248 e. The molecule has 6 heteroatoms. The van der Waals surface area contributed by atoms with E-state index in [1.165, 1.54) is 0 Å². The number of hydrogen-bond donors (Lipinski definition) is 0. The van der Waals surface area contributed by atoms with Crippen molar-refractivity contribution in [2.45, 2.75) is 0 Å². The van der Waals surface area contributed by atoms with Gasteiger partial charge in [-0.2, -0.15) is 0 Å². The number of fused-ring (bicyclic) bond motifs is 1. The Labute approximate surface area is 149 Å². The van der Waals surface area contributed by atoms with Crippen molar-refractivity contribution in [1.29, 1.82) is 0 Å². The summed E-state index contributed by atoms with van der Waals surface area (Å²) in [4.78, 5) is 18.1. The zero-order valence-corrected chi connectivity index (χ0v) is 15.4. The van der Waals surface area contributed by atoms with Gasteiger partial charge in [-0.25, -0.2) is 0 Å². The fraction of sp³-hybridized carbons (Fsp3) is 0.222. The molecule has 0 radical (unpaired) electrons. The molecule has 1 aliphatic heterocycles. The van der Waals surface area contributed by atoms with E-state index in [1.54, 1.807) is 30.5 Å². The van der Waals surface area contributed by atoms with Crippen LogP contribution in [0.4, 0.5) is 5.69 Å². The van der Waals surface area contributed by atoms with Gasteiger partial charge in [-0.05, 0) is 18.2 Å². The number of nitrogens with zero attached hydrogens (tertiary/aromatic N) is 2. The second-order valence-electron chi connectivity index (χ2n) is 5.39. The van der Waals surface area contributed by atoms with E-state index >= 15 is 0 Å². The summed E-state index contributed by atoms with van der Waals surface area (Å²) in [5.74, 6) is -0.0282. The molecule has 126 valence electrons. The first-order valence-electron chi connectivity index (χ1n) is 7.31. The highest BCUT2D eigenvalue weighted by Gasteiger charge is 2.22. The molecule has 0 N–H and O–H groups in total. The Balaban J connectivity index is 0.000000471. The summed E-state index contributed by atoms with van der Waals surface area (Å²) in [6.45, 7) is 0.146. The summed E-state index contributed by atoms with van der Waals surface area (Å²) in [6.07, 6.45) is 3.28. The summed E-state index contributed by atoms with van der Waals surface area (Å²) in [5, 5.41) is 0.634. The highest BCUT2D eigenvalue weighted by molar-refractivity contribution is 7.83. The van der Waals surface area contributed by atoms with E-state index in [9.17, 15) is 9.00 Å². The fourth-order valence-electron chi connectivity index (χ4n) is 2.31. The predicted molar refractivity (Wildman–Crippen MR) is 102 cm³/mol. The lowest BCUT2D eigenvalue weighted by Crippen LogP contribution is -2.27. The Hall–Kier alpha value is -1.98. The van der Waals surface area contributed by atoms with Gasteiger partial charge in [0.1, 0.15) is 6.54 Å². The van der Waals surface area contributed by atoms with Crippen LogP contribution >= 0.6 is 11.6 Å². The van der Waals surface area contributed by atoms with Crippen LogP contribution in [0.25, 0.3) is 0 Å². The minimum absolute atomic E-state index is 0.0282. The van der Waals surface area contributed by atoms with Crippen molar-refractivity contribution in [1.82, 2.24) is 0 Å². The van der Waals surface area contributed by atoms with Gasteiger partial charge in [-0.3, -0.25) is 14.0 Å². The largest absolute Gasteiger partial charge is 0.313 e. The third kappa shape index (κ3) is 4.52. The van der Waals surface area contributed by atoms with Crippen molar-refractivity contribution in [3.05, 3.63) is 64.7 Å². The molecule has 0 atom stereocenters. The fourth-order valence-corrected chi connectivity index (χ4v) is 2.48. The summed E-state index contributed by atoms with van der Waals surface area (Å²) < 4.78 is 9.56. The molecule has 3 rings (SSSR count). The minimum atomic E-state index is -0.611. The molecule has 2 aromatic rings. The molecule has 0 saturated heterocycles. The van der Waals surface area contributed by atoms with E-state index in [0.717, 1.165) is 22.5 Å². The lowest BCUT2D eigenvalue weighted by molar-refractivity contribution is -0.116. The average Bonchev–Trinajstić information content (AvgIpc) is 2.66. The average molecular weight is 363 g/mol. The zero-order chi connectivity index (χ0) is 17.7. The van der Waals surface area contributed by atoms with Crippen LogP contribution in [0, 0.1) is 0 Å². The molecule has 0 aromatic heterocycles. The highest BCUT2D eigenvalue weighted by Crippen LogP contribution is 2.28. The van der Waals surface area contributed by atoms with Gasteiger partial charge in [-0.1, -0.05) is 41.9 Å². The monoisotopic (exact) mass is 362 g/mol. The van der Waals surface area contributed by atoms with Crippen LogP contribution in [-0.4, -0.2) is 41.9 Å². The quantitative estimate of drug-likeness (QED) is 0.782. The van der Waals surface area contributed by atoms with Gasteiger partial charge in [0.2, 0.25) is 5.91 Å². The molecule has 0 saturated carbocycles. The summed E-state index contributed by atoms with van der Waals surface area (Å²) in [7, 11) is 1.15. The number of likely N-dealkylation sites (N-methyl/N-ethyl adjacent to an activating group) is 1. The number of carbonyl (C=O) groups is 1. The molecule has 4 nitrogen and oxygen atoms in total. The summed E-state index contributed by atoms with van der Waals surface area (Å²) in [6, 6.07) is 15.3. The Bertz CT molecular complexity index is 787. The maximum absolute atomic E-state index is 12.0. The van der Waals surface area contributed by atoms with Gasteiger partial charge >= 0.3 is 0 Å². The topological polar surface area (TPSA) is 49.7 Å². The molecule has 0 bridgehead atoms. The second-order valence-corrected chi connectivity index (χ2v) is 7.31. The molecule has 1 aliphatic rings. The van der Waals surface area contributed by atoms with E-state index in [1.807, 2.05) is 42.5 Å². The predicted octanol–water partition coefficient (Wildman–Crippen LogP) is 3.15. The minimum Gasteiger partial charge on any atom is -0.313 e. The van der Waals surface area contributed by atoms with E-state index in [4.69, 9.17) is 11.6 Å². The van der Waals surface area contributed by atoms with Gasteiger partial charge in [-0.15, -0.1) is 0 Å². The first-order valence-corrected chi connectivity index (χ1v) is 9.66. The maximum atomic E-state index is 12.0. The molecule has 1 amide bonds. The normalized spacial score (nSPS) is 13.6. The van der Waals surface area contributed by atoms with Crippen LogP contribution in [0.3, 0.4) is 0 Å². The van der Waals surface area contributed by atoms with Gasteiger partial charge in [0.25, 0.3) is 0 Å².